The van der Waals surface area contributed by atoms with Gasteiger partial charge in [-0.05, 0) is 92.4 Å². The highest BCUT2D eigenvalue weighted by Crippen LogP contribution is 2.55. The number of para-hydroxylation sites is 4. The van der Waals surface area contributed by atoms with Gasteiger partial charge in [-0.15, -0.1) is 0 Å². The lowest BCUT2D eigenvalue weighted by molar-refractivity contribution is 0.594. The Balaban J connectivity index is 1.01. The Labute approximate surface area is 500 Å². The van der Waals surface area contributed by atoms with Crippen molar-refractivity contribution in [2.24, 2.45) is 0 Å². The Hall–Kier alpha value is -10.4. The van der Waals surface area contributed by atoms with Crippen LogP contribution in [0, 0.1) is 0 Å². The van der Waals surface area contributed by atoms with Gasteiger partial charge in [0.1, 0.15) is 0 Å². The van der Waals surface area contributed by atoms with Crippen LogP contribution in [0.3, 0.4) is 0 Å². The molecule has 0 aliphatic heterocycles. The number of aromatic nitrogens is 2. The van der Waals surface area contributed by atoms with Crippen LogP contribution < -0.4 is 9.80 Å². The summed E-state index contributed by atoms with van der Waals surface area (Å²) in [6.45, 7) is 14.2. The maximum atomic E-state index is 2.66. The molecule has 0 fully saturated rings. The second kappa shape index (κ2) is 18.5. The van der Waals surface area contributed by atoms with Crippen molar-refractivity contribution in [3.8, 4) is 22.3 Å². The Morgan fingerprint density at radius 1 is 0.256 bits per heavy atom. The normalized spacial score (nSPS) is 12.5. The van der Waals surface area contributed by atoms with Crippen LogP contribution in [-0.4, -0.2) is 8.80 Å². The summed E-state index contributed by atoms with van der Waals surface area (Å²) >= 11 is 0. The zero-order valence-electron chi connectivity index (χ0n) is 49.2. The van der Waals surface area contributed by atoms with E-state index in [1.54, 1.807) is 0 Å². The van der Waals surface area contributed by atoms with Gasteiger partial charge in [0, 0.05) is 65.0 Å². The highest BCUT2D eigenvalue weighted by atomic mass is 15.2. The first-order valence-electron chi connectivity index (χ1n) is 30.3. The smallest absolute Gasteiger partial charge is 0.0641 e. The van der Waals surface area contributed by atoms with Crippen LogP contribution in [0.4, 0.5) is 34.1 Å². The Morgan fingerprint density at radius 2 is 0.605 bits per heavy atom. The van der Waals surface area contributed by atoms with E-state index >= 15 is 0 Å². The summed E-state index contributed by atoms with van der Waals surface area (Å²) in [5.41, 5.74) is 21.3. The van der Waals surface area contributed by atoms with Crippen LogP contribution in [0.25, 0.3) is 120 Å². The highest BCUT2D eigenvalue weighted by Gasteiger charge is 2.33. The quantitative estimate of drug-likeness (QED) is 0.151. The lowest BCUT2D eigenvalue weighted by Gasteiger charge is -2.30. The maximum Gasteiger partial charge on any atom is 0.0641 e. The van der Waals surface area contributed by atoms with Gasteiger partial charge in [-0.3, -0.25) is 0 Å². The summed E-state index contributed by atoms with van der Waals surface area (Å²) in [5.74, 6) is 0. The first kappa shape index (κ1) is 50.1. The summed E-state index contributed by atoms with van der Waals surface area (Å²) in [6.07, 6.45) is 0. The van der Waals surface area contributed by atoms with E-state index in [0.717, 1.165) is 34.1 Å². The molecule has 0 saturated carbocycles. The fraction of sp³-hybridized carbons (Fsp3) is 0.0976. The minimum Gasteiger partial charge on any atom is -0.309 e. The van der Waals surface area contributed by atoms with Gasteiger partial charge in [0.25, 0.3) is 0 Å². The minimum absolute atomic E-state index is 0.167. The van der Waals surface area contributed by atoms with Crippen molar-refractivity contribution >= 4 is 132 Å². The predicted molar refractivity (Wildman–Crippen MR) is 368 cm³/mol. The number of rotatable bonds is 8. The van der Waals surface area contributed by atoms with E-state index < -0.39 is 0 Å². The lowest BCUT2D eigenvalue weighted by atomic mass is 9.85. The molecule has 0 bridgehead atoms. The molecule has 17 rings (SSSR count). The summed E-state index contributed by atoms with van der Waals surface area (Å²) in [5, 5.41) is 14.8. The molecule has 17 aromatic rings. The molecule has 4 aromatic heterocycles. The first-order chi connectivity index (χ1) is 42.0. The van der Waals surface area contributed by atoms with E-state index in [1.807, 2.05) is 0 Å². The largest absolute Gasteiger partial charge is 0.309 e. The number of nitrogens with zero attached hydrogens (tertiary/aromatic N) is 4. The molecule has 0 amide bonds. The zero-order chi connectivity index (χ0) is 57.7. The van der Waals surface area contributed by atoms with Crippen LogP contribution in [0.5, 0.6) is 0 Å². The van der Waals surface area contributed by atoms with Gasteiger partial charge >= 0.3 is 0 Å². The van der Waals surface area contributed by atoms with Gasteiger partial charge in [-0.25, -0.2) is 0 Å². The van der Waals surface area contributed by atoms with Crippen molar-refractivity contribution < 1.29 is 0 Å². The second-order valence-corrected chi connectivity index (χ2v) is 25.6. The van der Waals surface area contributed by atoms with E-state index in [2.05, 4.69) is 327 Å². The summed E-state index contributed by atoms with van der Waals surface area (Å²) in [6, 6.07) is 99.8. The van der Waals surface area contributed by atoms with Gasteiger partial charge in [0.05, 0.1) is 67.2 Å². The molecule has 86 heavy (non-hydrogen) atoms. The van der Waals surface area contributed by atoms with Crippen molar-refractivity contribution in [2.75, 3.05) is 9.80 Å². The number of benzene rings is 13. The molecule has 0 radical (unpaired) electrons. The average Bonchev–Trinajstić information content (AvgIpc) is 1.56. The molecule has 0 atom stereocenters. The van der Waals surface area contributed by atoms with Gasteiger partial charge in [-0.2, -0.15) is 0 Å². The summed E-state index contributed by atoms with van der Waals surface area (Å²) in [7, 11) is 0. The average molecular weight is 1100 g/mol. The molecule has 0 unspecified atom stereocenters. The standard InChI is InChI=1S/C82H62N4/c1-81(2,3)65-39-23-37-61-75-71(83(69-43-21-31-53-29-13-15-33-57(53)69)67-41-19-17-35-55(67)51-25-9-7-10-26-51)47-45-59-63-50-74-64(49-73(63)85(77(61)65)79(59)75)60-46-48-72(76-62-38-24-40-66(82(4,5)6)78(62)86(74)80(60)76)84(70-44-22-32-54-30-14-16-34-58(54)70)68-42-20-18-36-56(68)52-27-11-8-12-28-52/h7-50H,1-6H3. The van der Waals surface area contributed by atoms with Crippen molar-refractivity contribution in [1.82, 2.24) is 8.80 Å². The molecule has 0 spiro atoms. The lowest BCUT2D eigenvalue weighted by Crippen LogP contribution is -2.12. The first-order valence-corrected chi connectivity index (χ1v) is 30.3. The Bertz CT molecular complexity index is 5200. The van der Waals surface area contributed by atoms with Gasteiger partial charge in [-0.1, -0.05) is 260 Å². The van der Waals surface area contributed by atoms with Crippen molar-refractivity contribution in [1.29, 1.82) is 0 Å². The molecule has 410 valence electrons. The molecule has 4 nitrogen and oxygen atoms in total. The second-order valence-electron chi connectivity index (χ2n) is 25.6. The minimum atomic E-state index is -0.167. The van der Waals surface area contributed by atoms with E-state index in [9.17, 15) is 0 Å². The van der Waals surface area contributed by atoms with E-state index in [1.165, 1.54) is 131 Å². The molecule has 0 N–H and O–H groups in total. The third-order valence-corrected chi connectivity index (χ3v) is 18.6. The number of hydrogen-bond acceptors (Lipinski definition) is 2. The van der Waals surface area contributed by atoms with E-state index in [0.29, 0.717) is 0 Å². The Morgan fingerprint density at radius 3 is 1.03 bits per heavy atom. The van der Waals surface area contributed by atoms with Crippen LogP contribution >= 0.6 is 0 Å². The Kier molecular flexibility index (Phi) is 10.8. The van der Waals surface area contributed by atoms with E-state index in [-0.39, 0.29) is 10.8 Å². The molecular formula is C82H62N4. The third-order valence-electron chi connectivity index (χ3n) is 18.6. The molecule has 4 heteroatoms. The molecule has 0 aliphatic carbocycles. The SMILES string of the molecule is CC(C)(C)c1cccc2c3c(N(c4ccccc4-c4ccccc4)c4cccc5ccccc45)ccc4c5cc6c(cc5n(c12)c43)c1ccc(N(c2ccccc2-c2ccccc2)c2cccc3ccccc23)c2c3cccc(C(C)(C)C)c3n6c12. The predicted octanol–water partition coefficient (Wildman–Crippen LogP) is 23.2. The van der Waals surface area contributed by atoms with Gasteiger partial charge in [0.15, 0.2) is 0 Å². The fourth-order valence-electron chi connectivity index (χ4n) is 14.9. The molecule has 13 aromatic carbocycles. The van der Waals surface area contributed by atoms with Gasteiger partial charge < -0.3 is 18.6 Å². The zero-order valence-corrected chi connectivity index (χ0v) is 49.2. The van der Waals surface area contributed by atoms with Gasteiger partial charge in [0.2, 0.25) is 0 Å². The molecular weight excluding hydrogens is 1040 g/mol. The number of hydrogen-bond donors (Lipinski definition) is 0. The highest BCUT2D eigenvalue weighted by molar-refractivity contribution is 6.33. The van der Waals surface area contributed by atoms with Crippen LogP contribution in [0.2, 0.25) is 0 Å². The van der Waals surface area contributed by atoms with Crippen molar-refractivity contribution in [2.45, 2.75) is 52.4 Å². The maximum absolute atomic E-state index is 2.66. The van der Waals surface area contributed by atoms with Crippen LogP contribution in [0.1, 0.15) is 52.7 Å². The third kappa shape index (κ3) is 7.23. The van der Waals surface area contributed by atoms with Crippen LogP contribution in [-0.2, 0) is 10.8 Å². The molecule has 0 saturated heterocycles. The van der Waals surface area contributed by atoms with Crippen LogP contribution in [0.15, 0.2) is 267 Å². The number of anilines is 6. The molecule has 0 aliphatic rings. The van der Waals surface area contributed by atoms with E-state index in [4.69, 9.17) is 0 Å². The summed E-state index contributed by atoms with van der Waals surface area (Å²) < 4.78 is 5.31. The van der Waals surface area contributed by atoms with Crippen molar-refractivity contribution in [3.63, 3.8) is 0 Å². The number of fused-ring (bicyclic) bond motifs is 14. The fourth-order valence-corrected chi connectivity index (χ4v) is 14.9. The molecule has 4 heterocycles. The topological polar surface area (TPSA) is 15.3 Å². The van der Waals surface area contributed by atoms with Crippen molar-refractivity contribution in [3.05, 3.63) is 278 Å². The summed E-state index contributed by atoms with van der Waals surface area (Å²) in [4.78, 5) is 5.12. The monoisotopic (exact) mass is 1100 g/mol.